The molecule has 0 fully saturated rings. The lowest BCUT2D eigenvalue weighted by Gasteiger charge is -2.15. The largest absolute Gasteiger partial charge is 0.340 e. The summed E-state index contributed by atoms with van der Waals surface area (Å²) in [6, 6.07) is 7.06. The molecule has 1 aromatic heterocycles. The van der Waals surface area contributed by atoms with Gasteiger partial charge in [0, 0.05) is 13.2 Å². The highest BCUT2D eigenvalue weighted by Crippen LogP contribution is 2.27. The summed E-state index contributed by atoms with van der Waals surface area (Å²) in [6.45, 7) is 0. The first-order valence-electron chi connectivity index (χ1n) is 6.55. The van der Waals surface area contributed by atoms with Crippen LogP contribution in [0.25, 0.3) is 0 Å². The average molecular weight is 241 g/mol. The van der Waals surface area contributed by atoms with Crippen LogP contribution in [0.15, 0.2) is 30.7 Å². The Balaban J connectivity index is 1.96. The van der Waals surface area contributed by atoms with Gasteiger partial charge in [-0.15, -0.1) is 0 Å². The molecule has 94 valence electrons. The molecule has 0 spiro atoms. The van der Waals surface area contributed by atoms with Crippen LogP contribution in [-0.4, -0.2) is 16.6 Å². The lowest BCUT2D eigenvalue weighted by atomic mass is 9.99. The van der Waals surface area contributed by atoms with E-state index in [1.165, 1.54) is 36.0 Å². The summed E-state index contributed by atoms with van der Waals surface area (Å²) >= 11 is 0. The normalized spacial score (nSPS) is 15.7. The van der Waals surface area contributed by atoms with E-state index in [2.05, 4.69) is 34.7 Å². The van der Waals surface area contributed by atoms with Crippen molar-refractivity contribution >= 4 is 0 Å². The van der Waals surface area contributed by atoms with E-state index in [0.29, 0.717) is 0 Å². The Kier molecular flexibility index (Phi) is 2.92. The van der Waals surface area contributed by atoms with E-state index in [1.807, 2.05) is 25.0 Å². The molecule has 0 saturated heterocycles. The zero-order valence-electron chi connectivity index (χ0n) is 11.0. The van der Waals surface area contributed by atoms with Crippen LogP contribution in [0.3, 0.4) is 0 Å². The van der Waals surface area contributed by atoms with Crippen molar-refractivity contribution in [3.8, 4) is 0 Å². The van der Waals surface area contributed by atoms with Crippen LogP contribution < -0.4 is 5.32 Å². The Labute approximate surface area is 108 Å². The molecule has 0 bridgehead atoms. The minimum absolute atomic E-state index is 0.192. The van der Waals surface area contributed by atoms with Gasteiger partial charge in [0.1, 0.15) is 0 Å². The maximum atomic E-state index is 4.46. The Bertz CT molecular complexity index is 557. The number of hydrogen-bond acceptors (Lipinski definition) is 2. The van der Waals surface area contributed by atoms with Crippen LogP contribution in [0.2, 0.25) is 0 Å². The number of benzene rings is 1. The van der Waals surface area contributed by atoms with Gasteiger partial charge in [-0.05, 0) is 43.0 Å². The zero-order chi connectivity index (χ0) is 12.5. The number of hydrogen-bond donors (Lipinski definition) is 1. The van der Waals surface area contributed by atoms with Crippen LogP contribution in [0, 0.1) is 0 Å². The monoisotopic (exact) mass is 241 g/mol. The molecule has 3 rings (SSSR count). The molecule has 0 aliphatic heterocycles. The highest BCUT2D eigenvalue weighted by Gasteiger charge is 2.17. The Hall–Kier alpha value is -1.61. The second kappa shape index (κ2) is 4.58. The van der Waals surface area contributed by atoms with Crippen LogP contribution >= 0.6 is 0 Å². The number of rotatable bonds is 3. The Morgan fingerprint density at radius 2 is 2.11 bits per heavy atom. The molecule has 1 atom stereocenters. The predicted octanol–water partition coefficient (Wildman–Crippen LogP) is 2.22. The number of aromatic nitrogens is 2. The van der Waals surface area contributed by atoms with Crippen LogP contribution in [0.1, 0.15) is 34.8 Å². The SMILES string of the molecule is CNC(c1ccc2c(c1)CCC2)c1cn(C)cn1. The first-order valence-corrected chi connectivity index (χ1v) is 6.55. The minimum Gasteiger partial charge on any atom is -0.340 e. The predicted molar refractivity (Wildman–Crippen MR) is 72.6 cm³/mol. The fraction of sp³-hybridized carbons (Fsp3) is 0.400. The van der Waals surface area contributed by atoms with Gasteiger partial charge in [0.25, 0.3) is 0 Å². The second-order valence-electron chi connectivity index (χ2n) is 5.07. The van der Waals surface area contributed by atoms with Gasteiger partial charge in [0.2, 0.25) is 0 Å². The molecule has 0 radical (unpaired) electrons. The number of aryl methyl sites for hydroxylation is 3. The quantitative estimate of drug-likeness (QED) is 0.893. The Morgan fingerprint density at radius 1 is 1.28 bits per heavy atom. The van der Waals surface area contributed by atoms with Crippen LogP contribution in [-0.2, 0) is 19.9 Å². The standard InChI is InChI=1S/C15H19N3/c1-16-15(14-9-18(2)10-17-14)13-7-6-11-4-3-5-12(11)8-13/h6-10,15-16H,3-5H2,1-2H3. The molecule has 3 nitrogen and oxygen atoms in total. The molecule has 18 heavy (non-hydrogen) atoms. The third-order valence-corrected chi connectivity index (χ3v) is 3.77. The summed E-state index contributed by atoms with van der Waals surface area (Å²) in [5.74, 6) is 0. The molecule has 1 heterocycles. The van der Waals surface area contributed by atoms with Crippen molar-refractivity contribution in [2.75, 3.05) is 7.05 Å². The van der Waals surface area contributed by atoms with Crippen molar-refractivity contribution in [1.29, 1.82) is 0 Å². The first-order chi connectivity index (χ1) is 8.78. The lowest BCUT2D eigenvalue weighted by Crippen LogP contribution is -2.18. The molecule has 0 amide bonds. The number of fused-ring (bicyclic) bond motifs is 1. The average Bonchev–Trinajstić information content (AvgIpc) is 2.99. The van der Waals surface area contributed by atoms with Gasteiger partial charge < -0.3 is 9.88 Å². The molecule has 1 aliphatic carbocycles. The third-order valence-electron chi connectivity index (χ3n) is 3.77. The van der Waals surface area contributed by atoms with Crippen LogP contribution in [0.5, 0.6) is 0 Å². The van der Waals surface area contributed by atoms with Gasteiger partial charge in [-0.25, -0.2) is 4.98 Å². The van der Waals surface area contributed by atoms with Crippen molar-refractivity contribution in [2.24, 2.45) is 7.05 Å². The van der Waals surface area contributed by atoms with Crippen molar-refractivity contribution < 1.29 is 0 Å². The highest BCUT2D eigenvalue weighted by atomic mass is 15.0. The van der Waals surface area contributed by atoms with E-state index >= 15 is 0 Å². The summed E-state index contributed by atoms with van der Waals surface area (Å²) in [5, 5.41) is 3.36. The number of nitrogens with zero attached hydrogens (tertiary/aromatic N) is 2. The summed E-state index contributed by atoms with van der Waals surface area (Å²) < 4.78 is 1.99. The molecule has 1 aliphatic rings. The maximum absolute atomic E-state index is 4.46. The maximum Gasteiger partial charge on any atom is 0.0947 e. The van der Waals surface area contributed by atoms with Gasteiger partial charge in [0.15, 0.2) is 0 Å². The van der Waals surface area contributed by atoms with Gasteiger partial charge >= 0.3 is 0 Å². The molecule has 1 N–H and O–H groups in total. The van der Waals surface area contributed by atoms with Gasteiger partial charge in [0.05, 0.1) is 18.1 Å². The highest BCUT2D eigenvalue weighted by molar-refractivity contribution is 5.38. The fourth-order valence-electron chi connectivity index (χ4n) is 2.84. The molecule has 3 heteroatoms. The smallest absolute Gasteiger partial charge is 0.0947 e. The van der Waals surface area contributed by atoms with E-state index in [-0.39, 0.29) is 6.04 Å². The second-order valence-corrected chi connectivity index (χ2v) is 5.07. The van der Waals surface area contributed by atoms with Crippen molar-refractivity contribution in [3.05, 3.63) is 53.1 Å². The number of nitrogens with one attached hydrogen (secondary N) is 1. The number of imidazole rings is 1. The molecular weight excluding hydrogens is 222 g/mol. The molecule has 1 unspecified atom stereocenters. The molecule has 2 aromatic rings. The van der Waals surface area contributed by atoms with Crippen LogP contribution in [0.4, 0.5) is 0 Å². The van der Waals surface area contributed by atoms with Gasteiger partial charge in [-0.1, -0.05) is 18.2 Å². The minimum atomic E-state index is 0.192. The third kappa shape index (κ3) is 1.95. The molecule has 0 saturated carbocycles. The van der Waals surface area contributed by atoms with Gasteiger partial charge in [-0.2, -0.15) is 0 Å². The summed E-state index contributed by atoms with van der Waals surface area (Å²) in [6.07, 6.45) is 7.69. The molecular formula is C15H19N3. The Morgan fingerprint density at radius 3 is 2.83 bits per heavy atom. The van der Waals surface area contributed by atoms with Gasteiger partial charge in [-0.3, -0.25) is 0 Å². The van der Waals surface area contributed by atoms with E-state index in [0.717, 1.165) is 5.69 Å². The van der Waals surface area contributed by atoms with Crippen molar-refractivity contribution in [2.45, 2.75) is 25.3 Å². The van der Waals surface area contributed by atoms with E-state index in [4.69, 9.17) is 0 Å². The fourth-order valence-corrected chi connectivity index (χ4v) is 2.84. The first kappa shape index (κ1) is 11.5. The topological polar surface area (TPSA) is 29.9 Å². The van der Waals surface area contributed by atoms with Crippen molar-refractivity contribution in [3.63, 3.8) is 0 Å². The molecule has 1 aromatic carbocycles. The summed E-state index contributed by atoms with van der Waals surface area (Å²) in [4.78, 5) is 4.46. The van der Waals surface area contributed by atoms with Crippen molar-refractivity contribution in [1.82, 2.24) is 14.9 Å². The lowest BCUT2D eigenvalue weighted by molar-refractivity contribution is 0.673. The summed E-state index contributed by atoms with van der Waals surface area (Å²) in [5.41, 5.74) is 5.44. The van der Waals surface area contributed by atoms with E-state index in [9.17, 15) is 0 Å². The zero-order valence-corrected chi connectivity index (χ0v) is 11.0. The van der Waals surface area contributed by atoms with E-state index in [1.54, 1.807) is 0 Å². The summed E-state index contributed by atoms with van der Waals surface area (Å²) in [7, 11) is 4.00. The van der Waals surface area contributed by atoms with E-state index < -0.39 is 0 Å².